The quantitative estimate of drug-likeness (QED) is 0.746. The van der Waals surface area contributed by atoms with Gasteiger partial charge >= 0.3 is 0 Å². The molecule has 0 spiro atoms. The first-order valence-corrected chi connectivity index (χ1v) is 10.4. The van der Waals surface area contributed by atoms with E-state index in [0.29, 0.717) is 5.92 Å². The smallest absolute Gasteiger partial charge is 0.253 e. The highest BCUT2D eigenvalue weighted by Crippen LogP contribution is 2.29. The van der Waals surface area contributed by atoms with E-state index in [4.69, 9.17) is 11.6 Å². The van der Waals surface area contributed by atoms with Crippen molar-refractivity contribution in [1.29, 1.82) is 0 Å². The maximum Gasteiger partial charge on any atom is 0.253 e. The van der Waals surface area contributed by atoms with Crippen molar-refractivity contribution in [1.82, 2.24) is 9.80 Å². The van der Waals surface area contributed by atoms with Crippen LogP contribution in [-0.2, 0) is 6.54 Å². The van der Waals surface area contributed by atoms with Crippen LogP contribution in [0.5, 0.6) is 0 Å². The van der Waals surface area contributed by atoms with Gasteiger partial charge in [0.1, 0.15) is 0 Å². The lowest BCUT2D eigenvalue weighted by atomic mass is 9.99. The standard InChI is InChI=1S/C23H27ClN2O/c24-22-9-7-19(8-10-22)21-11-14-25(17-21)16-18-5-4-6-20(15-18)23(27)26-12-2-1-3-13-26/h4-10,15,21H,1-3,11-14,16-17H2. The minimum absolute atomic E-state index is 0.192. The zero-order valence-electron chi connectivity index (χ0n) is 15.7. The van der Waals surface area contributed by atoms with Gasteiger partial charge in [-0.25, -0.2) is 0 Å². The minimum atomic E-state index is 0.192. The molecule has 2 aromatic rings. The van der Waals surface area contributed by atoms with E-state index < -0.39 is 0 Å². The molecule has 0 bridgehead atoms. The summed E-state index contributed by atoms with van der Waals surface area (Å²) in [7, 11) is 0. The van der Waals surface area contributed by atoms with Gasteiger partial charge in [0.2, 0.25) is 0 Å². The fourth-order valence-electron chi connectivity index (χ4n) is 4.32. The fourth-order valence-corrected chi connectivity index (χ4v) is 4.45. The molecule has 1 unspecified atom stereocenters. The fraction of sp³-hybridized carbons (Fsp3) is 0.435. The lowest BCUT2D eigenvalue weighted by Gasteiger charge is -2.27. The third kappa shape index (κ3) is 4.53. The van der Waals surface area contributed by atoms with Crippen LogP contribution in [0.3, 0.4) is 0 Å². The second kappa shape index (κ2) is 8.45. The van der Waals surface area contributed by atoms with Crippen LogP contribution >= 0.6 is 11.6 Å². The predicted octanol–water partition coefficient (Wildman–Crippen LogP) is 4.96. The van der Waals surface area contributed by atoms with Crippen LogP contribution in [0.25, 0.3) is 0 Å². The van der Waals surface area contributed by atoms with Gasteiger partial charge in [-0.3, -0.25) is 9.69 Å². The number of piperidine rings is 1. The lowest BCUT2D eigenvalue weighted by molar-refractivity contribution is 0.0724. The average molecular weight is 383 g/mol. The largest absolute Gasteiger partial charge is 0.339 e. The number of halogens is 1. The van der Waals surface area contributed by atoms with E-state index in [-0.39, 0.29) is 5.91 Å². The van der Waals surface area contributed by atoms with Gasteiger partial charge in [0.15, 0.2) is 0 Å². The van der Waals surface area contributed by atoms with Gasteiger partial charge in [-0.2, -0.15) is 0 Å². The summed E-state index contributed by atoms with van der Waals surface area (Å²) in [5, 5.41) is 0.795. The summed E-state index contributed by atoms with van der Waals surface area (Å²) < 4.78 is 0. The van der Waals surface area contributed by atoms with Crippen molar-refractivity contribution in [2.24, 2.45) is 0 Å². The highest BCUT2D eigenvalue weighted by Gasteiger charge is 2.24. The first-order valence-electron chi connectivity index (χ1n) is 10.0. The van der Waals surface area contributed by atoms with E-state index in [0.717, 1.165) is 56.2 Å². The maximum atomic E-state index is 12.8. The second-order valence-electron chi connectivity index (χ2n) is 7.83. The van der Waals surface area contributed by atoms with Gasteiger partial charge in [0, 0.05) is 36.8 Å². The van der Waals surface area contributed by atoms with Crippen LogP contribution in [0.1, 0.15) is 53.1 Å². The monoisotopic (exact) mass is 382 g/mol. The van der Waals surface area contributed by atoms with Crippen LogP contribution in [0.2, 0.25) is 5.02 Å². The highest BCUT2D eigenvalue weighted by atomic mass is 35.5. The summed E-state index contributed by atoms with van der Waals surface area (Å²) in [6.45, 7) is 4.87. The molecule has 142 valence electrons. The van der Waals surface area contributed by atoms with Crippen molar-refractivity contribution in [3.05, 3.63) is 70.2 Å². The van der Waals surface area contributed by atoms with Gasteiger partial charge in [-0.15, -0.1) is 0 Å². The molecule has 2 aliphatic rings. The molecule has 2 aliphatic heterocycles. The third-order valence-corrected chi connectivity index (χ3v) is 6.09. The van der Waals surface area contributed by atoms with E-state index in [2.05, 4.69) is 29.2 Å². The van der Waals surface area contributed by atoms with Crippen LogP contribution in [0, 0.1) is 0 Å². The molecule has 3 nitrogen and oxygen atoms in total. The van der Waals surface area contributed by atoms with Gasteiger partial charge < -0.3 is 4.90 Å². The van der Waals surface area contributed by atoms with Gasteiger partial charge in [0.25, 0.3) is 5.91 Å². The maximum absolute atomic E-state index is 12.8. The Bertz CT molecular complexity index is 783. The SMILES string of the molecule is O=C(c1cccc(CN2CCC(c3ccc(Cl)cc3)C2)c1)N1CCCCC1. The molecule has 27 heavy (non-hydrogen) atoms. The summed E-state index contributed by atoms with van der Waals surface area (Å²) in [4.78, 5) is 17.3. The molecule has 4 rings (SSSR count). The number of hydrogen-bond acceptors (Lipinski definition) is 2. The molecule has 0 N–H and O–H groups in total. The molecule has 4 heteroatoms. The zero-order valence-corrected chi connectivity index (χ0v) is 16.5. The van der Waals surface area contributed by atoms with Crippen LogP contribution in [-0.4, -0.2) is 41.9 Å². The number of carbonyl (C=O) groups is 1. The summed E-state index contributed by atoms with van der Waals surface area (Å²) in [5.74, 6) is 0.762. The molecule has 2 aromatic carbocycles. The van der Waals surface area contributed by atoms with Crippen molar-refractivity contribution in [2.75, 3.05) is 26.2 Å². The molecule has 2 fully saturated rings. The Kier molecular flexibility index (Phi) is 5.80. The molecule has 2 saturated heterocycles. The molecule has 1 amide bonds. The van der Waals surface area contributed by atoms with Crippen LogP contribution in [0.4, 0.5) is 0 Å². The molecule has 0 aliphatic carbocycles. The molecular formula is C23H27ClN2O. The summed E-state index contributed by atoms with van der Waals surface area (Å²) in [6.07, 6.45) is 4.68. The van der Waals surface area contributed by atoms with E-state index in [1.54, 1.807) is 0 Å². The number of rotatable bonds is 4. The van der Waals surface area contributed by atoms with E-state index in [1.807, 2.05) is 29.2 Å². The Hall–Kier alpha value is -1.84. The van der Waals surface area contributed by atoms with Crippen molar-refractivity contribution < 1.29 is 4.79 Å². The third-order valence-electron chi connectivity index (χ3n) is 5.84. The van der Waals surface area contributed by atoms with E-state index in [9.17, 15) is 4.79 Å². The highest BCUT2D eigenvalue weighted by molar-refractivity contribution is 6.30. The lowest BCUT2D eigenvalue weighted by Crippen LogP contribution is -2.35. The van der Waals surface area contributed by atoms with Gasteiger partial charge in [-0.05, 0) is 73.5 Å². The number of nitrogens with zero attached hydrogens (tertiary/aromatic N) is 2. The van der Waals surface area contributed by atoms with Crippen LogP contribution in [0.15, 0.2) is 48.5 Å². The first kappa shape index (κ1) is 18.5. The first-order chi connectivity index (χ1) is 13.2. The normalized spacial score (nSPS) is 20.8. The number of amides is 1. The van der Waals surface area contributed by atoms with Crippen LogP contribution < -0.4 is 0 Å². The van der Waals surface area contributed by atoms with E-state index >= 15 is 0 Å². The number of carbonyl (C=O) groups excluding carboxylic acids is 1. The molecule has 0 aromatic heterocycles. The molecule has 0 radical (unpaired) electrons. The molecule has 1 atom stereocenters. The predicted molar refractivity (Wildman–Crippen MR) is 110 cm³/mol. The Labute approximate surface area is 166 Å². The topological polar surface area (TPSA) is 23.6 Å². The summed E-state index contributed by atoms with van der Waals surface area (Å²) in [5.41, 5.74) is 3.44. The van der Waals surface area contributed by atoms with Crippen molar-refractivity contribution >= 4 is 17.5 Å². The molecule has 0 saturated carbocycles. The van der Waals surface area contributed by atoms with Gasteiger partial charge in [0.05, 0.1) is 0 Å². The Morgan fingerprint density at radius 1 is 1.00 bits per heavy atom. The minimum Gasteiger partial charge on any atom is -0.339 e. The number of likely N-dealkylation sites (tertiary alicyclic amines) is 2. The van der Waals surface area contributed by atoms with Crippen molar-refractivity contribution in [3.8, 4) is 0 Å². The molecule has 2 heterocycles. The Morgan fingerprint density at radius 3 is 2.56 bits per heavy atom. The summed E-state index contributed by atoms with van der Waals surface area (Å²) >= 11 is 6.01. The number of benzene rings is 2. The Balaban J connectivity index is 1.38. The summed E-state index contributed by atoms with van der Waals surface area (Å²) in [6, 6.07) is 16.5. The average Bonchev–Trinajstić information content (AvgIpc) is 3.17. The van der Waals surface area contributed by atoms with E-state index in [1.165, 1.54) is 24.0 Å². The number of hydrogen-bond donors (Lipinski definition) is 0. The van der Waals surface area contributed by atoms with Gasteiger partial charge in [-0.1, -0.05) is 35.9 Å². The second-order valence-corrected chi connectivity index (χ2v) is 8.26. The Morgan fingerprint density at radius 2 is 1.78 bits per heavy atom. The zero-order chi connectivity index (χ0) is 18.6. The molecular weight excluding hydrogens is 356 g/mol. The van der Waals surface area contributed by atoms with Crippen molar-refractivity contribution in [3.63, 3.8) is 0 Å². The van der Waals surface area contributed by atoms with Crippen molar-refractivity contribution in [2.45, 2.75) is 38.1 Å².